The zero-order valence-corrected chi connectivity index (χ0v) is 16.7. The highest BCUT2D eigenvalue weighted by Gasteiger charge is 2.16. The normalized spacial score (nSPS) is 11.2. The molecule has 0 aliphatic heterocycles. The lowest BCUT2D eigenvalue weighted by molar-refractivity contribution is 0.488. The van der Waals surface area contributed by atoms with E-state index in [0.717, 1.165) is 5.56 Å². The Morgan fingerprint density at radius 1 is 1.19 bits per heavy atom. The predicted octanol–water partition coefficient (Wildman–Crippen LogP) is 6.48. The van der Waals surface area contributed by atoms with Gasteiger partial charge >= 0.3 is 0 Å². The summed E-state index contributed by atoms with van der Waals surface area (Å²) in [6, 6.07) is 9.56. The Balaban J connectivity index is 1.82. The molecule has 0 aliphatic rings. The van der Waals surface area contributed by atoms with Gasteiger partial charge in [-0.1, -0.05) is 53.2 Å². The van der Waals surface area contributed by atoms with Gasteiger partial charge in [0.05, 0.1) is 4.51 Å². The lowest BCUT2D eigenvalue weighted by Crippen LogP contribution is -1.99. The summed E-state index contributed by atoms with van der Waals surface area (Å²) >= 11 is 19.2. The van der Waals surface area contributed by atoms with Gasteiger partial charge in [0.2, 0.25) is 0 Å². The van der Waals surface area contributed by atoms with Gasteiger partial charge in [0.25, 0.3) is 0 Å². The summed E-state index contributed by atoms with van der Waals surface area (Å²) in [5, 5.41) is 6.41. The SMILES string of the molecule is Fc1ccc2c(=S)c(-n3cncn3)c(SCc3ccc(Cl)cc3Cl)oc2c1. The Bertz CT molecular complexity index is 1200. The molecule has 0 spiro atoms. The van der Waals surface area contributed by atoms with Crippen molar-refractivity contribution >= 4 is 58.2 Å². The zero-order chi connectivity index (χ0) is 19.0. The average molecular weight is 438 g/mol. The minimum Gasteiger partial charge on any atom is -0.447 e. The Kier molecular flexibility index (Phi) is 5.19. The number of rotatable bonds is 4. The first-order chi connectivity index (χ1) is 13.0. The van der Waals surface area contributed by atoms with Gasteiger partial charge in [-0.3, -0.25) is 0 Å². The van der Waals surface area contributed by atoms with Crippen molar-refractivity contribution < 1.29 is 8.81 Å². The summed E-state index contributed by atoms with van der Waals surface area (Å²) in [4.78, 5) is 3.98. The van der Waals surface area contributed by atoms with Crippen LogP contribution in [-0.2, 0) is 5.75 Å². The van der Waals surface area contributed by atoms with Gasteiger partial charge in [-0.2, -0.15) is 5.10 Å². The van der Waals surface area contributed by atoms with Crippen LogP contribution in [0.2, 0.25) is 10.0 Å². The quantitative estimate of drug-likeness (QED) is 0.270. The first-order valence-corrected chi connectivity index (χ1v) is 9.86. The molecule has 0 unspecified atom stereocenters. The maximum absolute atomic E-state index is 13.7. The second-order valence-corrected chi connectivity index (χ2v) is 7.77. The summed E-state index contributed by atoms with van der Waals surface area (Å²) in [7, 11) is 0. The van der Waals surface area contributed by atoms with Crippen molar-refractivity contribution in [3.05, 3.63) is 75.0 Å². The summed E-state index contributed by atoms with van der Waals surface area (Å²) in [6.07, 6.45) is 2.95. The summed E-state index contributed by atoms with van der Waals surface area (Å²) in [6.45, 7) is 0. The molecule has 2 aromatic heterocycles. The van der Waals surface area contributed by atoms with Crippen molar-refractivity contribution in [3.8, 4) is 5.69 Å². The topological polar surface area (TPSA) is 43.9 Å². The standard InChI is InChI=1S/C18H10Cl2FN3OS2/c19-11-2-1-10(14(20)5-11)7-27-18-16(24-9-22-8-23-24)17(26)13-4-3-12(21)6-15(13)25-18/h1-6,8-9H,7H2. The van der Waals surface area contributed by atoms with Gasteiger partial charge in [0.15, 0.2) is 5.09 Å². The van der Waals surface area contributed by atoms with Crippen molar-refractivity contribution in [2.75, 3.05) is 0 Å². The van der Waals surface area contributed by atoms with Gasteiger partial charge in [-0.05, 0) is 29.8 Å². The molecule has 0 N–H and O–H groups in total. The number of nitrogens with zero attached hydrogens (tertiary/aromatic N) is 3. The van der Waals surface area contributed by atoms with E-state index in [1.54, 1.807) is 22.9 Å². The highest BCUT2D eigenvalue weighted by molar-refractivity contribution is 7.98. The van der Waals surface area contributed by atoms with E-state index in [1.807, 2.05) is 6.07 Å². The molecule has 0 amide bonds. The first kappa shape index (κ1) is 18.4. The Labute approximate surface area is 172 Å². The highest BCUT2D eigenvalue weighted by atomic mass is 35.5. The van der Waals surface area contributed by atoms with Crippen molar-refractivity contribution in [3.63, 3.8) is 0 Å². The molecule has 0 saturated heterocycles. The van der Waals surface area contributed by atoms with E-state index in [1.165, 1.54) is 36.5 Å². The Hall–Kier alpha value is -1.93. The molecule has 4 aromatic rings. The van der Waals surface area contributed by atoms with Crippen LogP contribution in [-0.4, -0.2) is 14.8 Å². The molecular formula is C18H10Cl2FN3OS2. The minimum atomic E-state index is -0.397. The number of benzene rings is 2. The molecule has 2 heterocycles. The van der Waals surface area contributed by atoms with Crippen LogP contribution in [0.3, 0.4) is 0 Å². The Morgan fingerprint density at radius 2 is 2.04 bits per heavy atom. The van der Waals surface area contributed by atoms with Crippen molar-refractivity contribution in [1.29, 1.82) is 0 Å². The van der Waals surface area contributed by atoms with Crippen molar-refractivity contribution in [2.45, 2.75) is 10.8 Å². The van der Waals surface area contributed by atoms with E-state index in [4.69, 9.17) is 39.8 Å². The van der Waals surface area contributed by atoms with Crippen LogP contribution in [0.25, 0.3) is 16.7 Å². The molecule has 0 radical (unpaired) electrons. The monoisotopic (exact) mass is 437 g/mol. The van der Waals surface area contributed by atoms with Crippen LogP contribution in [0.5, 0.6) is 0 Å². The molecule has 0 saturated carbocycles. The summed E-state index contributed by atoms with van der Waals surface area (Å²) in [5.41, 5.74) is 1.83. The number of hydrogen-bond acceptors (Lipinski definition) is 5. The first-order valence-electron chi connectivity index (χ1n) is 7.71. The maximum Gasteiger partial charge on any atom is 0.188 e. The van der Waals surface area contributed by atoms with Gasteiger partial charge in [0.1, 0.15) is 29.7 Å². The second-order valence-electron chi connectivity index (χ2n) is 5.57. The van der Waals surface area contributed by atoms with Crippen LogP contribution in [0.1, 0.15) is 5.56 Å². The van der Waals surface area contributed by atoms with Crippen molar-refractivity contribution in [2.24, 2.45) is 0 Å². The highest BCUT2D eigenvalue weighted by Crippen LogP contribution is 2.35. The van der Waals surface area contributed by atoms with E-state index in [2.05, 4.69) is 10.1 Å². The fourth-order valence-corrected chi connectivity index (χ4v) is 4.53. The summed E-state index contributed by atoms with van der Waals surface area (Å²) in [5.74, 6) is 0.113. The number of fused-ring (bicyclic) bond motifs is 1. The van der Waals surface area contributed by atoms with E-state index in [0.29, 0.717) is 42.1 Å². The Morgan fingerprint density at radius 3 is 2.78 bits per heavy atom. The van der Waals surface area contributed by atoms with Gasteiger partial charge < -0.3 is 4.42 Å². The fourth-order valence-electron chi connectivity index (χ4n) is 2.54. The number of thioether (sulfide) groups is 1. The van der Waals surface area contributed by atoms with Crippen LogP contribution >= 0.6 is 47.2 Å². The maximum atomic E-state index is 13.7. The van der Waals surface area contributed by atoms with Crippen LogP contribution in [0.15, 0.2) is 58.6 Å². The van der Waals surface area contributed by atoms with Gasteiger partial charge in [-0.25, -0.2) is 14.1 Å². The zero-order valence-electron chi connectivity index (χ0n) is 13.5. The molecule has 136 valence electrons. The average Bonchev–Trinajstić information content (AvgIpc) is 3.15. The van der Waals surface area contributed by atoms with E-state index < -0.39 is 5.82 Å². The molecule has 0 aliphatic carbocycles. The number of aromatic nitrogens is 3. The van der Waals surface area contributed by atoms with Gasteiger partial charge in [0, 0.05) is 27.3 Å². The third-order valence-electron chi connectivity index (χ3n) is 3.82. The molecule has 4 rings (SSSR count). The molecule has 0 bridgehead atoms. The summed E-state index contributed by atoms with van der Waals surface area (Å²) < 4.78 is 21.7. The van der Waals surface area contributed by atoms with E-state index >= 15 is 0 Å². The number of hydrogen-bond donors (Lipinski definition) is 0. The lowest BCUT2D eigenvalue weighted by atomic mass is 10.2. The molecule has 4 nitrogen and oxygen atoms in total. The molecule has 0 fully saturated rings. The molecule has 0 atom stereocenters. The fraction of sp³-hybridized carbons (Fsp3) is 0.0556. The van der Waals surface area contributed by atoms with Crippen LogP contribution in [0.4, 0.5) is 4.39 Å². The lowest BCUT2D eigenvalue weighted by Gasteiger charge is -2.11. The van der Waals surface area contributed by atoms with Crippen LogP contribution in [0, 0.1) is 10.3 Å². The van der Waals surface area contributed by atoms with Crippen molar-refractivity contribution in [1.82, 2.24) is 14.8 Å². The molecule has 27 heavy (non-hydrogen) atoms. The van der Waals surface area contributed by atoms with Crippen LogP contribution < -0.4 is 0 Å². The van der Waals surface area contributed by atoms with E-state index in [9.17, 15) is 4.39 Å². The minimum absolute atomic E-state index is 0.369. The number of halogens is 3. The van der Waals surface area contributed by atoms with Gasteiger partial charge in [-0.15, -0.1) is 0 Å². The molecule has 2 aromatic carbocycles. The third-order valence-corrected chi connectivity index (χ3v) is 5.82. The largest absolute Gasteiger partial charge is 0.447 e. The predicted molar refractivity (Wildman–Crippen MR) is 108 cm³/mol. The smallest absolute Gasteiger partial charge is 0.188 e. The third kappa shape index (κ3) is 3.73. The second kappa shape index (κ2) is 7.59. The van der Waals surface area contributed by atoms with E-state index in [-0.39, 0.29) is 0 Å². The molecule has 9 heteroatoms. The molecular weight excluding hydrogens is 428 g/mol.